The van der Waals surface area contributed by atoms with Crippen molar-refractivity contribution in [3.05, 3.63) is 65.7 Å². The van der Waals surface area contributed by atoms with Crippen molar-refractivity contribution in [3.8, 4) is 16.8 Å². The first-order chi connectivity index (χ1) is 13.3. The number of rotatable bonds is 4. The molecule has 0 saturated heterocycles. The Hall–Kier alpha value is -3.16. The van der Waals surface area contributed by atoms with Crippen LogP contribution in [-0.4, -0.2) is 26.7 Å². The Kier molecular flexibility index (Phi) is 4.41. The Bertz CT molecular complexity index is 1020. The van der Waals surface area contributed by atoms with Gasteiger partial charge in [0, 0.05) is 11.6 Å². The SMILES string of the molecule is Cc1ccc(-c2cc(C(=O)NC3CC3)cc(-n3ncnc3C(F)(F)F)c2)cc1. The number of benzene rings is 2. The highest BCUT2D eigenvalue weighted by Crippen LogP contribution is 2.31. The highest BCUT2D eigenvalue weighted by Gasteiger charge is 2.37. The number of halogens is 3. The second-order valence-corrected chi connectivity index (χ2v) is 6.88. The number of nitrogens with zero attached hydrogens (tertiary/aromatic N) is 3. The Morgan fingerprint density at radius 3 is 2.46 bits per heavy atom. The van der Waals surface area contributed by atoms with E-state index >= 15 is 0 Å². The van der Waals surface area contributed by atoms with Crippen molar-refractivity contribution in [2.24, 2.45) is 0 Å². The predicted octanol–water partition coefficient (Wildman–Crippen LogP) is 4.15. The minimum absolute atomic E-state index is 0.129. The van der Waals surface area contributed by atoms with Gasteiger partial charge in [-0.2, -0.15) is 18.3 Å². The van der Waals surface area contributed by atoms with Crippen LogP contribution < -0.4 is 5.32 Å². The molecule has 0 aliphatic heterocycles. The van der Waals surface area contributed by atoms with Crippen molar-refractivity contribution in [2.75, 3.05) is 0 Å². The summed E-state index contributed by atoms with van der Waals surface area (Å²) in [5.41, 5.74) is 2.89. The lowest BCUT2D eigenvalue weighted by atomic mass is 10.0. The third kappa shape index (κ3) is 3.76. The number of carbonyl (C=O) groups excluding carboxylic acids is 1. The normalized spacial score (nSPS) is 14.1. The molecule has 5 nitrogen and oxygen atoms in total. The number of carbonyl (C=O) groups is 1. The van der Waals surface area contributed by atoms with E-state index in [0.717, 1.165) is 30.3 Å². The minimum atomic E-state index is -4.66. The summed E-state index contributed by atoms with van der Waals surface area (Å²) >= 11 is 0. The lowest BCUT2D eigenvalue weighted by Gasteiger charge is -2.13. The third-order valence-corrected chi connectivity index (χ3v) is 4.52. The standard InChI is InChI=1S/C20H17F3N4O/c1-12-2-4-13(5-3-12)14-8-15(18(28)26-16-6-7-16)10-17(9-14)27-19(20(21,22)23)24-11-25-27/h2-5,8-11,16H,6-7H2,1H3,(H,26,28). The Morgan fingerprint density at radius 2 is 1.82 bits per heavy atom. The van der Waals surface area contributed by atoms with Crippen LogP contribution in [0.3, 0.4) is 0 Å². The third-order valence-electron chi connectivity index (χ3n) is 4.52. The van der Waals surface area contributed by atoms with E-state index in [0.29, 0.717) is 10.2 Å². The number of aryl methyl sites for hydroxylation is 1. The van der Waals surface area contributed by atoms with Crippen LogP contribution in [0.4, 0.5) is 13.2 Å². The molecule has 144 valence electrons. The predicted molar refractivity (Wildman–Crippen MR) is 97.0 cm³/mol. The van der Waals surface area contributed by atoms with Gasteiger partial charge in [-0.05, 0) is 49.1 Å². The minimum Gasteiger partial charge on any atom is -0.349 e. The van der Waals surface area contributed by atoms with E-state index in [-0.39, 0.29) is 23.2 Å². The summed E-state index contributed by atoms with van der Waals surface area (Å²) in [7, 11) is 0. The van der Waals surface area contributed by atoms with E-state index in [4.69, 9.17) is 0 Å². The molecule has 0 radical (unpaired) electrons. The topological polar surface area (TPSA) is 59.8 Å². The van der Waals surface area contributed by atoms with Crippen LogP contribution in [0.1, 0.15) is 34.6 Å². The maximum atomic E-state index is 13.3. The van der Waals surface area contributed by atoms with Gasteiger partial charge in [-0.3, -0.25) is 4.79 Å². The van der Waals surface area contributed by atoms with E-state index < -0.39 is 12.0 Å². The van der Waals surface area contributed by atoms with Crippen molar-refractivity contribution >= 4 is 5.91 Å². The van der Waals surface area contributed by atoms with Gasteiger partial charge in [0.25, 0.3) is 5.91 Å². The Labute approximate surface area is 159 Å². The highest BCUT2D eigenvalue weighted by atomic mass is 19.4. The molecule has 0 bridgehead atoms. The molecular weight excluding hydrogens is 369 g/mol. The molecule has 0 atom stereocenters. The summed E-state index contributed by atoms with van der Waals surface area (Å²) < 4.78 is 40.5. The first kappa shape index (κ1) is 18.2. The maximum absolute atomic E-state index is 13.3. The number of nitrogens with one attached hydrogen (secondary N) is 1. The number of aromatic nitrogens is 3. The molecule has 1 saturated carbocycles. The van der Waals surface area contributed by atoms with Crippen molar-refractivity contribution in [2.45, 2.75) is 32.0 Å². The monoisotopic (exact) mass is 386 g/mol. The molecule has 1 aliphatic carbocycles. The van der Waals surface area contributed by atoms with Crippen molar-refractivity contribution < 1.29 is 18.0 Å². The smallest absolute Gasteiger partial charge is 0.349 e. The van der Waals surface area contributed by atoms with Crippen molar-refractivity contribution in [3.63, 3.8) is 0 Å². The van der Waals surface area contributed by atoms with E-state index in [1.165, 1.54) is 6.07 Å². The van der Waals surface area contributed by atoms with Gasteiger partial charge in [0.2, 0.25) is 5.82 Å². The first-order valence-corrected chi connectivity index (χ1v) is 8.82. The molecule has 4 rings (SSSR count). The molecule has 0 unspecified atom stereocenters. The van der Waals surface area contributed by atoms with Crippen LogP contribution in [0.2, 0.25) is 0 Å². The summed E-state index contributed by atoms with van der Waals surface area (Å²) in [6.07, 6.45) is -1.98. The highest BCUT2D eigenvalue weighted by molar-refractivity contribution is 5.96. The van der Waals surface area contributed by atoms with Gasteiger partial charge in [-0.15, -0.1) is 0 Å². The van der Waals surface area contributed by atoms with E-state index in [9.17, 15) is 18.0 Å². The average molecular weight is 386 g/mol. The average Bonchev–Trinajstić information content (AvgIpc) is 3.31. The van der Waals surface area contributed by atoms with Crippen LogP contribution in [0.15, 0.2) is 48.8 Å². The second kappa shape index (κ2) is 6.78. The molecule has 1 heterocycles. The van der Waals surface area contributed by atoms with Gasteiger partial charge >= 0.3 is 6.18 Å². The van der Waals surface area contributed by atoms with Gasteiger partial charge < -0.3 is 5.32 Å². The molecule has 1 fully saturated rings. The Morgan fingerprint density at radius 1 is 1.11 bits per heavy atom. The molecule has 1 amide bonds. The summed E-state index contributed by atoms with van der Waals surface area (Å²) in [5, 5.41) is 6.60. The molecule has 8 heteroatoms. The molecule has 1 aliphatic rings. The number of hydrogen-bond acceptors (Lipinski definition) is 3. The summed E-state index contributed by atoms with van der Waals surface area (Å²) in [5.74, 6) is -1.45. The molecule has 3 aromatic rings. The van der Waals surface area contributed by atoms with Gasteiger partial charge in [0.15, 0.2) is 0 Å². The summed E-state index contributed by atoms with van der Waals surface area (Å²) in [4.78, 5) is 15.9. The van der Waals surface area contributed by atoms with Gasteiger partial charge in [0.05, 0.1) is 5.69 Å². The quantitative estimate of drug-likeness (QED) is 0.733. The molecule has 0 spiro atoms. The lowest BCUT2D eigenvalue weighted by molar-refractivity contribution is -0.146. The molecule has 1 aromatic heterocycles. The largest absolute Gasteiger partial charge is 0.451 e. The number of hydrogen-bond donors (Lipinski definition) is 1. The van der Waals surface area contributed by atoms with Crippen LogP contribution in [0, 0.1) is 6.92 Å². The van der Waals surface area contributed by atoms with E-state index in [2.05, 4.69) is 15.4 Å². The molecule has 28 heavy (non-hydrogen) atoms. The fourth-order valence-corrected chi connectivity index (χ4v) is 2.90. The first-order valence-electron chi connectivity index (χ1n) is 8.82. The van der Waals surface area contributed by atoms with Crippen molar-refractivity contribution in [1.29, 1.82) is 0 Å². The lowest BCUT2D eigenvalue weighted by Crippen LogP contribution is -2.25. The van der Waals surface area contributed by atoms with Crippen LogP contribution in [0.5, 0.6) is 0 Å². The van der Waals surface area contributed by atoms with Gasteiger partial charge in [-0.25, -0.2) is 9.67 Å². The van der Waals surface area contributed by atoms with Crippen LogP contribution >= 0.6 is 0 Å². The summed E-state index contributed by atoms with van der Waals surface area (Å²) in [6, 6.07) is 12.3. The Balaban J connectivity index is 1.83. The number of amides is 1. The van der Waals surface area contributed by atoms with E-state index in [1.54, 1.807) is 12.1 Å². The zero-order chi connectivity index (χ0) is 19.9. The van der Waals surface area contributed by atoms with Crippen LogP contribution in [-0.2, 0) is 6.18 Å². The second-order valence-electron chi connectivity index (χ2n) is 6.88. The fraction of sp³-hybridized carbons (Fsp3) is 0.250. The molecular formula is C20H17F3N4O. The van der Waals surface area contributed by atoms with E-state index in [1.807, 2.05) is 31.2 Å². The zero-order valence-electron chi connectivity index (χ0n) is 15.0. The summed E-state index contributed by atoms with van der Waals surface area (Å²) in [6.45, 7) is 1.94. The van der Waals surface area contributed by atoms with Gasteiger partial charge in [0.1, 0.15) is 6.33 Å². The molecule has 1 N–H and O–H groups in total. The van der Waals surface area contributed by atoms with Gasteiger partial charge in [-0.1, -0.05) is 29.8 Å². The molecule has 2 aromatic carbocycles. The van der Waals surface area contributed by atoms with Crippen molar-refractivity contribution in [1.82, 2.24) is 20.1 Å². The fourth-order valence-electron chi connectivity index (χ4n) is 2.90. The van der Waals surface area contributed by atoms with Crippen LogP contribution in [0.25, 0.3) is 16.8 Å². The zero-order valence-corrected chi connectivity index (χ0v) is 15.0. The number of alkyl halides is 3. The maximum Gasteiger partial charge on any atom is 0.451 e.